The van der Waals surface area contributed by atoms with E-state index in [0.29, 0.717) is 12.8 Å². The predicted octanol–water partition coefficient (Wildman–Crippen LogP) is 3.66. The molecule has 0 atom stereocenters. The second-order valence-electron chi connectivity index (χ2n) is 6.33. The van der Waals surface area contributed by atoms with Crippen LogP contribution in [0.15, 0.2) is 36.5 Å². The van der Waals surface area contributed by atoms with Gasteiger partial charge in [-0.1, -0.05) is 18.2 Å². The number of nitrogens with one attached hydrogen (secondary N) is 1. The number of nitrogens with zero attached hydrogens (tertiary/aromatic N) is 2. The minimum atomic E-state index is 0.269. The molecule has 1 N–H and O–H groups in total. The number of pyridine rings is 1. The maximum atomic E-state index is 12.3. The minimum absolute atomic E-state index is 0.269. The number of likely N-dealkylation sites (tertiary alicyclic amines) is 1. The van der Waals surface area contributed by atoms with Crippen molar-refractivity contribution in [3.8, 4) is 0 Å². The van der Waals surface area contributed by atoms with Crippen molar-refractivity contribution in [3.63, 3.8) is 0 Å². The Balaban J connectivity index is 1.52. The number of rotatable bonds is 3. The number of fused-ring (bicyclic) bond motifs is 3. The van der Waals surface area contributed by atoms with Crippen molar-refractivity contribution < 1.29 is 4.79 Å². The highest BCUT2D eigenvalue weighted by atomic mass is 16.2. The lowest BCUT2D eigenvalue weighted by atomic mass is 10.1. The van der Waals surface area contributed by atoms with Crippen molar-refractivity contribution in [2.75, 3.05) is 13.1 Å². The molecule has 0 unspecified atom stereocenters. The number of para-hydroxylation sites is 1. The van der Waals surface area contributed by atoms with Gasteiger partial charge in [-0.05, 0) is 37.8 Å². The van der Waals surface area contributed by atoms with Crippen LogP contribution in [0.1, 0.15) is 31.4 Å². The zero-order valence-corrected chi connectivity index (χ0v) is 13.2. The summed E-state index contributed by atoms with van der Waals surface area (Å²) in [7, 11) is 0. The molecule has 23 heavy (non-hydrogen) atoms. The molecule has 0 saturated carbocycles. The van der Waals surface area contributed by atoms with Crippen molar-refractivity contribution in [2.24, 2.45) is 0 Å². The highest BCUT2D eigenvalue weighted by Crippen LogP contribution is 2.25. The van der Waals surface area contributed by atoms with Gasteiger partial charge >= 0.3 is 0 Å². The average molecular weight is 307 g/mol. The molecule has 1 aromatic carbocycles. The number of benzene rings is 1. The SMILES string of the molecule is O=C(CCc1cc2c(cn1)[nH]c1ccccc12)N1CCCCC1. The summed E-state index contributed by atoms with van der Waals surface area (Å²) in [5.41, 5.74) is 3.18. The van der Waals surface area contributed by atoms with Crippen molar-refractivity contribution in [1.82, 2.24) is 14.9 Å². The van der Waals surface area contributed by atoms with Crippen LogP contribution in [0.2, 0.25) is 0 Å². The Bertz CT molecular complexity index is 846. The third kappa shape index (κ3) is 2.81. The lowest BCUT2D eigenvalue weighted by Crippen LogP contribution is -2.35. The number of H-pyrrole nitrogens is 1. The maximum absolute atomic E-state index is 12.3. The molecule has 4 heteroatoms. The highest BCUT2D eigenvalue weighted by molar-refractivity contribution is 6.06. The minimum Gasteiger partial charge on any atom is -0.353 e. The van der Waals surface area contributed by atoms with Gasteiger partial charge < -0.3 is 9.88 Å². The molecule has 0 bridgehead atoms. The van der Waals surface area contributed by atoms with Gasteiger partial charge in [0.15, 0.2) is 0 Å². The molecule has 0 spiro atoms. The smallest absolute Gasteiger partial charge is 0.222 e. The van der Waals surface area contributed by atoms with Gasteiger partial charge in [0.1, 0.15) is 0 Å². The molecular formula is C19H21N3O. The molecule has 1 fully saturated rings. The van der Waals surface area contributed by atoms with Crippen molar-refractivity contribution in [1.29, 1.82) is 0 Å². The number of aromatic amines is 1. The number of hydrogen-bond acceptors (Lipinski definition) is 2. The van der Waals surface area contributed by atoms with Crippen LogP contribution in [-0.2, 0) is 11.2 Å². The van der Waals surface area contributed by atoms with E-state index in [-0.39, 0.29) is 5.91 Å². The number of piperidine rings is 1. The van der Waals surface area contributed by atoms with Crippen molar-refractivity contribution in [3.05, 3.63) is 42.2 Å². The monoisotopic (exact) mass is 307 g/mol. The van der Waals surface area contributed by atoms with E-state index in [4.69, 9.17) is 0 Å². The van der Waals surface area contributed by atoms with E-state index < -0.39 is 0 Å². The van der Waals surface area contributed by atoms with Crippen LogP contribution < -0.4 is 0 Å². The van der Waals surface area contributed by atoms with Gasteiger partial charge in [0.2, 0.25) is 5.91 Å². The molecule has 0 aliphatic carbocycles. The van der Waals surface area contributed by atoms with Gasteiger partial charge in [-0.3, -0.25) is 9.78 Å². The van der Waals surface area contributed by atoms with Gasteiger partial charge in [0.05, 0.1) is 11.7 Å². The molecule has 0 radical (unpaired) electrons. The Morgan fingerprint density at radius 3 is 2.78 bits per heavy atom. The Labute approximate surface area is 135 Å². The Morgan fingerprint density at radius 2 is 1.91 bits per heavy atom. The van der Waals surface area contributed by atoms with Gasteiger partial charge in [-0.15, -0.1) is 0 Å². The summed E-state index contributed by atoms with van der Waals surface area (Å²) in [6, 6.07) is 10.4. The van der Waals surface area contributed by atoms with Gasteiger partial charge in [-0.25, -0.2) is 0 Å². The Kier molecular flexibility index (Phi) is 3.74. The molecule has 4 nitrogen and oxygen atoms in total. The van der Waals surface area contributed by atoms with Crippen molar-refractivity contribution in [2.45, 2.75) is 32.1 Å². The molecule has 2 aromatic heterocycles. The summed E-state index contributed by atoms with van der Waals surface area (Å²) in [5.74, 6) is 0.269. The third-order valence-corrected chi connectivity index (χ3v) is 4.75. The fourth-order valence-corrected chi connectivity index (χ4v) is 3.47. The quantitative estimate of drug-likeness (QED) is 0.802. The van der Waals surface area contributed by atoms with Crippen LogP contribution in [0.4, 0.5) is 0 Å². The fourth-order valence-electron chi connectivity index (χ4n) is 3.47. The van der Waals surface area contributed by atoms with E-state index in [1.807, 2.05) is 17.2 Å². The van der Waals surface area contributed by atoms with Crippen LogP contribution in [0.25, 0.3) is 21.8 Å². The van der Waals surface area contributed by atoms with Gasteiger partial charge in [-0.2, -0.15) is 0 Å². The van der Waals surface area contributed by atoms with Gasteiger partial charge in [0.25, 0.3) is 0 Å². The summed E-state index contributed by atoms with van der Waals surface area (Å²) < 4.78 is 0. The standard InChI is InChI=1S/C19H21N3O/c23-19(22-10-4-1-5-11-22)9-8-14-12-16-15-6-2-3-7-17(15)21-18(16)13-20-14/h2-3,6-7,12-13,21H,1,4-5,8-11H2. The summed E-state index contributed by atoms with van der Waals surface area (Å²) >= 11 is 0. The summed E-state index contributed by atoms with van der Waals surface area (Å²) in [6.07, 6.45) is 6.70. The zero-order valence-electron chi connectivity index (χ0n) is 13.2. The van der Waals surface area contributed by atoms with Crippen LogP contribution in [-0.4, -0.2) is 33.9 Å². The number of aromatic nitrogens is 2. The number of hydrogen-bond donors (Lipinski definition) is 1. The number of aryl methyl sites for hydroxylation is 1. The first-order chi connectivity index (χ1) is 11.3. The van der Waals surface area contributed by atoms with E-state index >= 15 is 0 Å². The Morgan fingerprint density at radius 1 is 1.09 bits per heavy atom. The van der Waals surface area contributed by atoms with E-state index in [1.165, 1.54) is 17.2 Å². The lowest BCUT2D eigenvalue weighted by Gasteiger charge is -2.26. The van der Waals surface area contributed by atoms with E-state index in [1.54, 1.807) is 0 Å². The molecular weight excluding hydrogens is 286 g/mol. The Hall–Kier alpha value is -2.36. The predicted molar refractivity (Wildman–Crippen MR) is 92.4 cm³/mol. The molecule has 1 saturated heterocycles. The summed E-state index contributed by atoms with van der Waals surface area (Å²) in [4.78, 5) is 22.2. The molecule has 118 valence electrons. The second-order valence-corrected chi connectivity index (χ2v) is 6.33. The molecule has 3 heterocycles. The number of carbonyl (C=O) groups excluding carboxylic acids is 1. The molecule has 3 aromatic rings. The molecule has 1 amide bonds. The largest absolute Gasteiger partial charge is 0.353 e. The van der Waals surface area contributed by atoms with E-state index in [0.717, 1.165) is 42.7 Å². The number of amides is 1. The first kappa shape index (κ1) is 14.2. The zero-order chi connectivity index (χ0) is 15.6. The highest BCUT2D eigenvalue weighted by Gasteiger charge is 2.16. The first-order valence-electron chi connectivity index (χ1n) is 8.44. The van der Waals surface area contributed by atoms with Crippen molar-refractivity contribution >= 4 is 27.7 Å². The van der Waals surface area contributed by atoms with E-state index in [9.17, 15) is 4.79 Å². The third-order valence-electron chi connectivity index (χ3n) is 4.75. The normalized spacial score (nSPS) is 15.4. The van der Waals surface area contributed by atoms with E-state index in [2.05, 4.69) is 34.2 Å². The number of carbonyl (C=O) groups is 1. The molecule has 4 rings (SSSR count). The maximum Gasteiger partial charge on any atom is 0.222 e. The van der Waals surface area contributed by atoms with Gasteiger partial charge in [0, 0.05) is 41.5 Å². The average Bonchev–Trinajstić information content (AvgIpc) is 2.98. The van der Waals surface area contributed by atoms with Crippen LogP contribution >= 0.6 is 0 Å². The van der Waals surface area contributed by atoms with Crippen LogP contribution in [0.3, 0.4) is 0 Å². The topological polar surface area (TPSA) is 49.0 Å². The van der Waals surface area contributed by atoms with Crippen LogP contribution in [0.5, 0.6) is 0 Å². The molecule has 1 aliphatic rings. The van der Waals surface area contributed by atoms with Crippen LogP contribution in [0, 0.1) is 0 Å². The second kappa shape index (κ2) is 6.03. The summed E-state index contributed by atoms with van der Waals surface area (Å²) in [5, 5.41) is 2.41. The summed E-state index contributed by atoms with van der Waals surface area (Å²) in [6.45, 7) is 1.85. The fraction of sp³-hybridized carbons (Fsp3) is 0.368. The molecule has 1 aliphatic heterocycles. The first-order valence-corrected chi connectivity index (χ1v) is 8.44. The lowest BCUT2D eigenvalue weighted by molar-refractivity contribution is -0.132.